The van der Waals surface area contributed by atoms with Gasteiger partial charge in [0.1, 0.15) is 5.25 Å². The zero-order valence-corrected chi connectivity index (χ0v) is 8.92. The lowest BCUT2D eigenvalue weighted by Crippen LogP contribution is -2.25. The summed E-state index contributed by atoms with van der Waals surface area (Å²) in [6.07, 6.45) is 0. The van der Waals surface area contributed by atoms with Crippen LogP contribution >= 0.6 is 22.3 Å². The van der Waals surface area contributed by atoms with Gasteiger partial charge in [-0.1, -0.05) is 0 Å². The first-order valence-electron chi connectivity index (χ1n) is 3.00. The first-order chi connectivity index (χ1) is 5.22. The minimum Gasteiger partial charge on any atom is -0.229 e. The fraction of sp³-hybridized carbons (Fsp3) is 1.00. The molecule has 1 heterocycles. The summed E-state index contributed by atoms with van der Waals surface area (Å²) < 4.78 is 43.3. The smallest absolute Gasteiger partial charge is 0.229 e. The van der Waals surface area contributed by atoms with Crippen molar-refractivity contribution in [1.82, 2.24) is 0 Å². The molecule has 0 saturated carbocycles. The van der Waals surface area contributed by atoms with E-state index in [-0.39, 0.29) is 5.75 Å². The molecule has 1 fully saturated rings. The molecule has 1 rings (SSSR count). The molecule has 0 spiro atoms. The molecule has 0 amide bonds. The highest BCUT2D eigenvalue weighted by Crippen LogP contribution is 2.26. The van der Waals surface area contributed by atoms with E-state index in [1.165, 1.54) is 0 Å². The van der Waals surface area contributed by atoms with Gasteiger partial charge in [-0.05, 0) is 0 Å². The van der Waals surface area contributed by atoms with Gasteiger partial charge in [0.05, 0.1) is 16.9 Å². The van der Waals surface area contributed by atoms with Crippen molar-refractivity contribution in [2.75, 3.05) is 11.5 Å². The lowest BCUT2D eigenvalue weighted by atomic mass is 10.4. The molecule has 0 radical (unpaired) electrons. The van der Waals surface area contributed by atoms with Gasteiger partial charge in [0.15, 0.2) is 9.84 Å². The molecule has 0 aliphatic carbocycles. The molecule has 0 N–H and O–H groups in total. The third-order valence-corrected chi connectivity index (χ3v) is 6.24. The maximum Gasteiger partial charge on any atom is 0.237 e. The Hall–Kier alpha value is 0.480. The van der Waals surface area contributed by atoms with E-state index in [0.717, 1.165) is 0 Å². The van der Waals surface area contributed by atoms with E-state index in [1.807, 2.05) is 0 Å². The Kier molecular flexibility index (Phi) is 2.65. The van der Waals surface area contributed by atoms with Crippen LogP contribution in [0, 0.1) is 0 Å². The van der Waals surface area contributed by atoms with Gasteiger partial charge in [-0.2, -0.15) is 0 Å². The lowest BCUT2D eigenvalue weighted by molar-refractivity contribution is 0.594. The first-order valence-corrected chi connectivity index (χ1v) is 7.63. The summed E-state index contributed by atoms with van der Waals surface area (Å²) in [7, 11) is -2.20. The predicted molar refractivity (Wildman–Crippen MR) is 46.9 cm³/mol. The Morgan fingerprint density at radius 3 is 1.92 bits per heavy atom. The number of hydrogen-bond donors (Lipinski definition) is 0. The molecule has 1 aliphatic heterocycles. The van der Waals surface area contributed by atoms with Crippen LogP contribution in [0.15, 0.2) is 0 Å². The number of alkyl halides is 1. The average Bonchev–Trinajstić information content (AvgIpc) is 2.03. The summed E-state index contributed by atoms with van der Waals surface area (Å²) in [5.41, 5.74) is 0. The summed E-state index contributed by atoms with van der Waals surface area (Å²) in [6.45, 7) is 0. The molecular weight excluding hydrogens is 247 g/mol. The van der Waals surface area contributed by atoms with E-state index in [0.29, 0.717) is 0 Å². The molecule has 12 heavy (non-hydrogen) atoms. The fourth-order valence-corrected chi connectivity index (χ4v) is 6.63. The van der Waals surface area contributed by atoms with E-state index in [9.17, 15) is 16.8 Å². The highest BCUT2D eigenvalue weighted by molar-refractivity contribution is 8.15. The molecule has 8 heteroatoms. The van der Waals surface area contributed by atoms with E-state index < -0.39 is 35.3 Å². The van der Waals surface area contributed by atoms with Crippen molar-refractivity contribution in [3.05, 3.63) is 0 Å². The molecule has 72 valence electrons. The Labute approximate surface area is 80.2 Å². The van der Waals surface area contributed by atoms with Gasteiger partial charge < -0.3 is 0 Å². The SMILES string of the molecule is O=S1(=O)C[C@@H](S(=O)(=O)Cl)[C@@H](Cl)C1. The van der Waals surface area contributed by atoms with Crippen LogP contribution in [0.5, 0.6) is 0 Å². The molecule has 4 nitrogen and oxygen atoms in total. The third-order valence-electron chi connectivity index (χ3n) is 1.60. The molecule has 0 bridgehead atoms. The third kappa shape index (κ3) is 2.25. The van der Waals surface area contributed by atoms with Gasteiger partial charge in [0, 0.05) is 10.7 Å². The summed E-state index contributed by atoms with van der Waals surface area (Å²) >= 11 is 5.50. The molecular formula is C4H6Cl2O4S2. The Morgan fingerprint density at radius 1 is 1.25 bits per heavy atom. The van der Waals surface area contributed by atoms with Crippen LogP contribution in [0.25, 0.3) is 0 Å². The topological polar surface area (TPSA) is 68.3 Å². The van der Waals surface area contributed by atoms with Crippen LogP contribution in [0.1, 0.15) is 0 Å². The second-order valence-electron chi connectivity index (χ2n) is 2.61. The normalized spacial score (nSPS) is 35.2. The summed E-state index contributed by atoms with van der Waals surface area (Å²) in [6, 6.07) is 0. The van der Waals surface area contributed by atoms with Crippen molar-refractivity contribution < 1.29 is 16.8 Å². The van der Waals surface area contributed by atoms with Gasteiger partial charge in [-0.15, -0.1) is 11.6 Å². The number of sulfone groups is 1. The maximum atomic E-state index is 10.9. The van der Waals surface area contributed by atoms with Gasteiger partial charge in [0.25, 0.3) is 0 Å². The number of rotatable bonds is 1. The fourth-order valence-electron chi connectivity index (χ4n) is 1.03. The molecule has 1 saturated heterocycles. The van der Waals surface area contributed by atoms with E-state index in [2.05, 4.69) is 0 Å². The summed E-state index contributed by atoms with van der Waals surface area (Å²) in [5.74, 6) is -0.780. The van der Waals surface area contributed by atoms with Crippen LogP contribution in [-0.2, 0) is 18.9 Å². The second kappa shape index (κ2) is 3.01. The van der Waals surface area contributed by atoms with Crippen LogP contribution in [0.3, 0.4) is 0 Å². The van der Waals surface area contributed by atoms with Crippen LogP contribution in [0.2, 0.25) is 0 Å². The molecule has 0 aromatic heterocycles. The van der Waals surface area contributed by atoms with E-state index in [4.69, 9.17) is 22.3 Å². The molecule has 0 aromatic rings. The van der Waals surface area contributed by atoms with E-state index in [1.54, 1.807) is 0 Å². The lowest BCUT2D eigenvalue weighted by Gasteiger charge is -2.05. The highest BCUT2D eigenvalue weighted by atomic mass is 35.7. The van der Waals surface area contributed by atoms with Crippen molar-refractivity contribution in [3.63, 3.8) is 0 Å². The summed E-state index contributed by atoms with van der Waals surface area (Å²) in [5, 5.41) is -2.08. The molecule has 0 aromatic carbocycles. The Balaban J connectivity index is 3.01. The highest BCUT2D eigenvalue weighted by Gasteiger charge is 2.43. The van der Waals surface area contributed by atoms with Crippen LogP contribution < -0.4 is 0 Å². The van der Waals surface area contributed by atoms with Gasteiger partial charge in [-0.3, -0.25) is 0 Å². The molecule has 1 aliphatic rings. The minimum absolute atomic E-state index is 0.314. The average molecular weight is 253 g/mol. The Morgan fingerprint density at radius 2 is 1.75 bits per heavy atom. The van der Waals surface area contributed by atoms with Crippen molar-refractivity contribution >= 4 is 41.2 Å². The maximum absolute atomic E-state index is 10.9. The zero-order chi connectivity index (χ0) is 9.57. The largest absolute Gasteiger partial charge is 0.237 e. The van der Waals surface area contributed by atoms with Crippen molar-refractivity contribution in [1.29, 1.82) is 0 Å². The van der Waals surface area contributed by atoms with E-state index >= 15 is 0 Å². The second-order valence-corrected chi connectivity index (χ2v) is 8.17. The molecule has 0 unspecified atom stereocenters. The monoisotopic (exact) mass is 252 g/mol. The number of halogens is 2. The number of hydrogen-bond acceptors (Lipinski definition) is 4. The van der Waals surface area contributed by atoms with Crippen LogP contribution in [0.4, 0.5) is 0 Å². The van der Waals surface area contributed by atoms with Gasteiger partial charge >= 0.3 is 0 Å². The summed E-state index contributed by atoms with van der Waals surface area (Å²) in [4.78, 5) is 0. The minimum atomic E-state index is -3.86. The van der Waals surface area contributed by atoms with Crippen LogP contribution in [-0.4, -0.2) is 39.0 Å². The van der Waals surface area contributed by atoms with Crippen molar-refractivity contribution in [2.45, 2.75) is 10.6 Å². The van der Waals surface area contributed by atoms with Gasteiger partial charge in [0.2, 0.25) is 9.05 Å². The van der Waals surface area contributed by atoms with Crippen molar-refractivity contribution in [2.24, 2.45) is 0 Å². The first kappa shape index (κ1) is 10.6. The standard InChI is InChI=1S/C4H6Cl2O4S2/c5-3-1-11(7,8)2-4(3)12(6,9)10/h3-4H,1-2H2/t3-,4+/m0/s1. The zero-order valence-electron chi connectivity index (χ0n) is 5.77. The molecule has 2 atom stereocenters. The quantitative estimate of drug-likeness (QED) is 0.485. The van der Waals surface area contributed by atoms with Crippen molar-refractivity contribution in [3.8, 4) is 0 Å². The Bertz CT molecular complexity index is 370. The predicted octanol–water partition coefficient (Wildman–Crippen LogP) is -0.0406. The van der Waals surface area contributed by atoms with Gasteiger partial charge in [-0.25, -0.2) is 16.8 Å².